The van der Waals surface area contributed by atoms with Crippen LogP contribution in [-0.2, 0) is 11.2 Å². The van der Waals surface area contributed by atoms with Gasteiger partial charge in [0.25, 0.3) is 0 Å². The molecule has 0 fully saturated rings. The van der Waals surface area contributed by atoms with Crippen molar-refractivity contribution >= 4 is 15.9 Å². The van der Waals surface area contributed by atoms with Gasteiger partial charge in [0.05, 0.1) is 11.1 Å². The van der Waals surface area contributed by atoms with Crippen LogP contribution in [0.25, 0.3) is 0 Å². The second-order valence-electron chi connectivity index (χ2n) is 4.26. The number of hydrogen-bond donors (Lipinski definition) is 1. The molecular formula is C14H21BrFNO. The van der Waals surface area contributed by atoms with Crippen LogP contribution in [0.4, 0.5) is 4.39 Å². The predicted molar refractivity (Wildman–Crippen MR) is 76.4 cm³/mol. The zero-order valence-electron chi connectivity index (χ0n) is 11.0. The minimum absolute atomic E-state index is 0.221. The summed E-state index contributed by atoms with van der Waals surface area (Å²) in [4.78, 5) is 0. The molecule has 18 heavy (non-hydrogen) atoms. The fraction of sp³-hybridized carbons (Fsp3) is 0.571. The second kappa shape index (κ2) is 8.62. The summed E-state index contributed by atoms with van der Waals surface area (Å²) >= 11 is 3.21. The van der Waals surface area contributed by atoms with Crippen LogP contribution in [0.5, 0.6) is 0 Å². The van der Waals surface area contributed by atoms with Gasteiger partial charge in [0, 0.05) is 12.6 Å². The summed E-state index contributed by atoms with van der Waals surface area (Å²) in [5, 5.41) is 3.45. The molecule has 4 heteroatoms. The van der Waals surface area contributed by atoms with Crippen LogP contribution in [0.2, 0.25) is 0 Å². The fourth-order valence-corrected chi connectivity index (χ4v) is 2.18. The first-order chi connectivity index (χ1) is 8.67. The van der Waals surface area contributed by atoms with E-state index >= 15 is 0 Å². The largest absolute Gasteiger partial charge is 0.380 e. The van der Waals surface area contributed by atoms with Gasteiger partial charge in [0.15, 0.2) is 0 Å². The van der Waals surface area contributed by atoms with E-state index in [1.54, 1.807) is 0 Å². The van der Waals surface area contributed by atoms with Gasteiger partial charge < -0.3 is 10.1 Å². The van der Waals surface area contributed by atoms with Gasteiger partial charge in [-0.25, -0.2) is 4.39 Å². The normalized spacial score (nSPS) is 12.7. The molecule has 1 aromatic carbocycles. The Morgan fingerprint density at radius 2 is 2.17 bits per heavy atom. The van der Waals surface area contributed by atoms with Crippen LogP contribution in [0.1, 0.15) is 25.8 Å². The van der Waals surface area contributed by atoms with Gasteiger partial charge >= 0.3 is 0 Å². The van der Waals surface area contributed by atoms with Gasteiger partial charge in [0.1, 0.15) is 5.82 Å². The van der Waals surface area contributed by atoms with Crippen molar-refractivity contribution in [3.63, 3.8) is 0 Å². The van der Waals surface area contributed by atoms with Crippen LogP contribution in [0, 0.1) is 5.82 Å². The summed E-state index contributed by atoms with van der Waals surface area (Å²) in [6.45, 7) is 6.51. The summed E-state index contributed by atoms with van der Waals surface area (Å²) in [5.41, 5.74) is 1.11. The number of rotatable bonds is 8. The van der Waals surface area contributed by atoms with Gasteiger partial charge in [-0.3, -0.25) is 0 Å². The molecule has 0 radical (unpaired) electrons. The molecule has 0 aliphatic rings. The molecule has 0 aliphatic carbocycles. The average molecular weight is 318 g/mol. The summed E-state index contributed by atoms with van der Waals surface area (Å²) in [6.07, 6.45) is 1.94. The fourth-order valence-electron chi connectivity index (χ4n) is 1.75. The molecule has 0 saturated heterocycles. The van der Waals surface area contributed by atoms with E-state index in [2.05, 4.69) is 28.2 Å². The van der Waals surface area contributed by atoms with Crippen molar-refractivity contribution in [1.29, 1.82) is 0 Å². The maximum absolute atomic E-state index is 13.2. The van der Waals surface area contributed by atoms with Crippen LogP contribution in [0.15, 0.2) is 22.7 Å². The Balaban J connectivity index is 2.59. The third-order valence-electron chi connectivity index (χ3n) is 2.67. The lowest BCUT2D eigenvalue weighted by Gasteiger charge is -2.18. The number of hydrogen-bond acceptors (Lipinski definition) is 2. The zero-order valence-corrected chi connectivity index (χ0v) is 12.6. The molecule has 0 heterocycles. The lowest BCUT2D eigenvalue weighted by molar-refractivity contribution is 0.122. The minimum atomic E-state index is -0.221. The van der Waals surface area contributed by atoms with Gasteiger partial charge in [0.2, 0.25) is 0 Å². The quantitative estimate of drug-likeness (QED) is 0.792. The van der Waals surface area contributed by atoms with Crippen LogP contribution in [0.3, 0.4) is 0 Å². The lowest BCUT2D eigenvalue weighted by Crippen LogP contribution is -2.36. The Labute approximate surface area is 117 Å². The van der Waals surface area contributed by atoms with E-state index in [4.69, 9.17) is 4.74 Å². The van der Waals surface area contributed by atoms with E-state index in [9.17, 15) is 4.39 Å². The molecule has 0 aliphatic heterocycles. The smallest absolute Gasteiger partial charge is 0.137 e. The van der Waals surface area contributed by atoms with Gasteiger partial charge in [-0.1, -0.05) is 13.0 Å². The molecule has 1 N–H and O–H groups in total. The van der Waals surface area contributed by atoms with E-state index in [0.29, 0.717) is 11.1 Å². The number of benzene rings is 1. The van der Waals surface area contributed by atoms with Gasteiger partial charge in [-0.2, -0.15) is 0 Å². The molecule has 0 aromatic heterocycles. The highest BCUT2D eigenvalue weighted by Gasteiger charge is 2.10. The molecule has 0 spiro atoms. The number of nitrogens with one attached hydrogen (secondary N) is 1. The average Bonchev–Trinajstić information content (AvgIpc) is 2.37. The highest BCUT2D eigenvalue weighted by atomic mass is 79.9. The molecule has 2 nitrogen and oxygen atoms in total. The molecule has 1 rings (SSSR count). The Morgan fingerprint density at radius 3 is 2.78 bits per heavy atom. The van der Waals surface area contributed by atoms with Crippen molar-refractivity contribution in [2.75, 3.05) is 19.8 Å². The predicted octanol–water partition coefficient (Wildman–Crippen LogP) is 3.54. The Bertz CT molecular complexity index is 352. The summed E-state index contributed by atoms with van der Waals surface area (Å²) in [6, 6.07) is 5.44. The van der Waals surface area contributed by atoms with Gasteiger partial charge in [-0.05, 0) is 59.9 Å². The number of halogens is 2. The van der Waals surface area contributed by atoms with Gasteiger partial charge in [-0.15, -0.1) is 0 Å². The van der Waals surface area contributed by atoms with E-state index in [1.165, 1.54) is 6.07 Å². The monoisotopic (exact) mass is 317 g/mol. The number of ether oxygens (including phenoxy) is 1. The molecule has 102 valence electrons. The van der Waals surface area contributed by atoms with Crippen LogP contribution < -0.4 is 5.32 Å². The first-order valence-electron chi connectivity index (χ1n) is 6.42. The summed E-state index contributed by atoms with van der Waals surface area (Å²) < 4.78 is 19.1. The maximum atomic E-state index is 13.2. The maximum Gasteiger partial charge on any atom is 0.137 e. The highest BCUT2D eigenvalue weighted by molar-refractivity contribution is 9.10. The van der Waals surface area contributed by atoms with E-state index in [0.717, 1.165) is 31.6 Å². The molecule has 0 bridgehead atoms. The molecule has 1 atom stereocenters. The lowest BCUT2D eigenvalue weighted by atomic mass is 10.1. The van der Waals surface area contributed by atoms with Crippen LogP contribution >= 0.6 is 15.9 Å². The molecule has 1 unspecified atom stereocenters. The highest BCUT2D eigenvalue weighted by Crippen LogP contribution is 2.17. The van der Waals surface area contributed by atoms with Crippen molar-refractivity contribution in [2.24, 2.45) is 0 Å². The third kappa shape index (κ3) is 5.46. The first-order valence-corrected chi connectivity index (χ1v) is 7.21. The van der Waals surface area contributed by atoms with Crippen molar-refractivity contribution in [2.45, 2.75) is 32.7 Å². The Kier molecular flexibility index (Phi) is 7.47. The minimum Gasteiger partial charge on any atom is -0.380 e. The third-order valence-corrected chi connectivity index (χ3v) is 3.28. The van der Waals surface area contributed by atoms with Crippen molar-refractivity contribution in [3.05, 3.63) is 34.1 Å². The van der Waals surface area contributed by atoms with E-state index in [-0.39, 0.29) is 11.9 Å². The van der Waals surface area contributed by atoms with Crippen molar-refractivity contribution in [3.8, 4) is 0 Å². The second-order valence-corrected chi connectivity index (χ2v) is 5.12. The zero-order chi connectivity index (χ0) is 13.4. The molecular weight excluding hydrogens is 297 g/mol. The Morgan fingerprint density at radius 1 is 1.39 bits per heavy atom. The Hall–Kier alpha value is -0.450. The topological polar surface area (TPSA) is 21.3 Å². The standard InChI is InChI=1S/C14H21BrFNO/c1-3-7-17-12(10-18-4-2)8-11-5-6-14(16)13(15)9-11/h5-6,9,12,17H,3-4,7-8,10H2,1-2H3. The molecule has 0 saturated carbocycles. The van der Waals surface area contributed by atoms with Crippen molar-refractivity contribution in [1.82, 2.24) is 5.32 Å². The summed E-state index contributed by atoms with van der Waals surface area (Å²) in [7, 11) is 0. The molecule has 1 aromatic rings. The van der Waals surface area contributed by atoms with E-state index < -0.39 is 0 Å². The van der Waals surface area contributed by atoms with E-state index in [1.807, 2.05) is 19.1 Å². The summed E-state index contributed by atoms with van der Waals surface area (Å²) in [5.74, 6) is -0.221. The van der Waals surface area contributed by atoms with Crippen LogP contribution in [-0.4, -0.2) is 25.8 Å². The SMILES string of the molecule is CCCNC(COCC)Cc1ccc(F)c(Br)c1. The molecule has 0 amide bonds. The van der Waals surface area contributed by atoms with Crippen molar-refractivity contribution < 1.29 is 9.13 Å². The first kappa shape index (κ1) is 15.6.